The maximum absolute atomic E-state index is 10.8. The summed E-state index contributed by atoms with van der Waals surface area (Å²) >= 11 is 0. The van der Waals surface area contributed by atoms with Gasteiger partial charge in [0.1, 0.15) is 0 Å². The molecule has 0 spiro atoms. The molecule has 3 nitrogen and oxygen atoms in total. The molecule has 0 aromatic carbocycles. The maximum Gasteiger partial charge on any atom is 0.303 e. The second-order valence-corrected chi connectivity index (χ2v) is 4.97. The lowest BCUT2D eigenvalue weighted by Gasteiger charge is -2.28. The Labute approximate surface area is 92.5 Å². The van der Waals surface area contributed by atoms with E-state index < -0.39 is 5.97 Å². The van der Waals surface area contributed by atoms with Gasteiger partial charge in [0, 0.05) is 12.5 Å². The lowest BCUT2D eigenvalue weighted by molar-refractivity contribution is -0.138. The van der Waals surface area contributed by atoms with Gasteiger partial charge in [-0.25, -0.2) is 0 Å². The van der Waals surface area contributed by atoms with Crippen molar-refractivity contribution in [2.75, 3.05) is 13.1 Å². The first-order valence-corrected chi connectivity index (χ1v) is 6.00. The van der Waals surface area contributed by atoms with E-state index >= 15 is 0 Å². The Morgan fingerprint density at radius 1 is 1.53 bits per heavy atom. The van der Waals surface area contributed by atoms with Gasteiger partial charge in [-0.1, -0.05) is 20.8 Å². The fraction of sp³-hybridized carbons (Fsp3) is 0.917. The van der Waals surface area contributed by atoms with Crippen LogP contribution in [0.15, 0.2) is 0 Å². The van der Waals surface area contributed by atoms with Crippen molar-refractivity contribution in [3.8, 4) is 0 Å². The van der Waals surface area contributed by atoms with E-state index in [4.69, 9.17) is 5.11 Å². The third-order valence-corrected chi connectivity index (χ3v) is 3.36. The highest BCUT2D eigenvalue weighted by atomic mass is 16.4. The monoisotopic (exact) mass is 213 g/mol. The molecule has 1 N–H and O–H groups in total. The summed E-state index contributed by atoms with van der Waals surface area (Å²) in [5, 5.41) is 8.87. The van der Waals surface area contributed by atoms with Crippen LogP contribution in [0.1, 0.15) is 40.0 Å². The first kappa shape index (κ1) is 12.5. The molecule has 0 aromatic heterocycles. The van der Waals surface area contributed by atoms with Crippen LogP contribution in [0, 0.1) is 11.8 Å². The fourth-order valence-electron chi connectivity index (χ4n) is 2.67. The average molecular weight is 213 g/mol. The first-order chi connectivity index (χ1) is 7.04. The minimum Gasteiger partial charge on any atom is -0.481 e. The molecule has 1 heterocycles. The van der Waals surface area contributed by atoms with Crippen molar-refractivity contribution in [1.82, 2.24) is 4.90 Å². The van der Waals surface area contributed by atoms with Crippen LogP contribution in [0.2, 0.25) is 0 Å². The van der Waals surface area contributed by atoms with Gasteiger partial charge in [-0.15, -0.1) is 0 Å². The second kappa shape index (κ2) is 5.50. The van der Waals surface area contributed by atoms with Crippen LogP contribution in [0.3, 0.4) is 0 Å². The first-order valence-electron chi connectivity index (χ1n) is 6.00. The molecule has 1 fully saturated rings. The highest BCUT2D eigenvalue weighted by molar-refractivity contribution is 5.67. The van der Waals surface area contributed by atoms with Gasteiger partial charge >= 0.3 is 5.97 Å². The van der Waals surface area contributed by atoms with Gasteiger partial charge in [0.05, 0.1) is 0 Å². The summed E-state index contributed by atoms with van der Waals surface area (Å²) in [7, 11) is 0. The van der Waals surface area contributed by atoms with Gasteiger partial charge in [-0.05, 0) is 37.8 Å². The molecule has 15 heavy (non-hydrogen) atoms. The van der Waals surface area contributed by atoms with E-state index in [2.05, 4.69) is 25.7 Å². The third-order valence-electron chi connectivity index (χ3n) is 3.36. The number of carboxylic acids is 1. The van der Waals surface area contributed by atoms with Gasteiger partial charge in [0.15, 0.2) is 0 Å². The van der Waals surface area contributed by atoms with Crippen molar-refractivity contribution >= 4 is 5.97 Å². The maximum atomic E-state index is 10.8. The van der Waals surface area contributed by atoms with Crippen molar-refractivity contribution in [2.24, 2.45) is 11.8 Å². The number of aliphatic carboxylic acids is 1. The van der Waals surface area contributed by atoms with Crippen LogP contribution in [0.25, 0.3) is 0 Å². The average Bonchev–Trinajstić information content (AvgIpc) is 2.47. The summed E-state index contributed by atoms with van der Waals surface area (Å²) in [6.45, 7) is 8.71. The van der Waals surface area contributed by atoms with Crippen molar-refractivity contribution in [1.29, 1.82) is 0 Å². The number of likely N-dealkylation sites (tertiary alicyclic amines) is 1. The molecule has 0 unspecified atom stereocenters. The lowest BCUT2D eigenvalue weighted by atomic mass is 9.90. The standard InChI is InChI=1S/C12H23NO2/c1-4-13-6-5-10(8-12(14)15)11(13)7-9(2)3/h9-11H,4-8H2,1-3H3,(H,14,15)/t10-,11-/m1/s1. The number of hydrogen-bond donors (Lipinski definition) is 1. The summed E-state index contributed by atoms with van der Waals surface area (Å²) in [5.74, 6) is 0.370. The number of nitrogens with zero attached hydrogens (tertiary/aromatic N) is 1. The zero-order valence-electron chi connectivity index (χ0n) is 10.1. The minimum absolute atomic E-state index is 0.341. The van der Waals surface area contributed by atoms with Crippen molar-refractivity contribution in [3.05, 3.63) is 0 Å². The molecule has 1 aliphatic heterocycles. The molecule has 0 bridgehead atoms. The molecule has 88 valence electrons. The molecule has 0 amide bonds. The Morgan fingerprint density at radius 3 is 2.67 bits per heavy atom. The molecule has 2 atom stereocenters. The van der Waals surface area contributed by atoms with E-state index in [1.54, 1.807) is 0 Å². The zero-order chi connectivity index (χ0) is 11.4. The SMILES string of the molecule is CCN1CC[C@H](CC(=O)O)[C@H]1CC(C)C. The molecule has 1 rings (SSSR count). The van der Waals surface area contributed by atoms with E-state index in [0.29, 0.717) is 24.3 Å². The molecule has 3 heteroatoms. The van der Waals surface area contributed by atoms with Gasteiger partial charge in [0.25, 0.3) is 0 Å². The van der Waals surface area contributed by atoms with E-state index in [-0.39, 0.29) is 0 Å². The van der Waals surface area contributed by atoms with E-state index in [9.17, 15) is 4.79 Å². The molecule has 0 saturated carbocycles. The Bertz CT molecular complexity index is 216. The Morgan fingerprint density at radius 2 is 2.20 bits per heavy atom. The molecule has 0 radical (unpaired) electrons. The van der Waals surface area contributed by atoms with Crippen LogP contribution in [0.5, 0.6) is 0 Å². The largest absolute Gasteiger partial charge is 0.481 e. The summed E-state index contributed by atoms with van der Waals surface area (Å²) < 4.78 is 0. The Kier molecular flexibility index (Phi) is 4.58. The molecular formula is C12H23NO2. The van der Waals surface area contributed by atoms with Crippen LogP contribution in [0.4, 0.5) is 0 Å². The Balaban J connectivity index is 2.58. The van der Waals surface area contributed by atoms with Crippen LogP contribution in [-0.2, 0) is 4.79 Å². The minimum atomic E-state index is -0.647. The second-order valence-electron chi connectivity index (χ2n) is 4.97. The summed E-state index contributed by atoms with van der Waals surface area (Å²) in [5.41, 5.74) is 0. The van der Waals surface area contributed by atoms with Gasteiger partial charge in [0.2, 0.25) is 0 Å². The summed E-state index contributed by atoms with van der Waals surface area (Å²) in [6.07, 6.45) is 2.52. The van der Waals surface area contributed by atoms with Crippen molar-refractivity contribution < 1.29 is 9.90 Å². The smallest absolute Gasteiger partial charge is 0.303 e. The predicted octanol–water partition coefficient (Wildman–Crippen LogP) is 2.22. The quantitative estimate of drug-likeness (QED) is 0.761. The van der Waals surface area contributed by atoms with Gasteiger partial charge < -0.3 is 10.0 Å². The number of hydrogen-bond acceptors (Lipinski definition) is 2. The molecule has 1 aliphatic rings. The fourth-order valence-corrected chi connectivity index (χ4v) is 2.67. The third kappa shape index (κ3) is 3.49. The highest BCUT2D eigenvalue weighted by Gasteiger charge is 2.34. The van der Waals surface area contributed by atoms with Crippen molar-refractivity contribution in [2.45, 2.75) is 46.1 Å². The van der Waals surface area contributed by atoms with E-state index in [0.717, 1.165) is 25.9 Å². The van der Waals surface area contributed by atoms with E-state index in [1.165, 1.54) is 0 Å². The molecule has 0 aromatic rings. The van der Waals surface area contributed by atoms with Crippen molar-refractivity contribution in [3.63, 3.8) is 0 Å². The van der Waals surface area contributed by atoms with Gasteiger partial charge in [-0.3, -0.25) is 4.79 Å². The molecule has 1 saturated heterocycles. The van der Waals surface area contributed by atoms with Gasteiger partial charge in [-0.2, -0.15) is 0 Å². The number of rotatable bonds is 5. The molecule has 0 aliphatic carbocycles. The van der Waals surface area contributed by atoms with Crippen LogP contribution in [-0.4, -0.2) is 35.1 Å². The van der Waals surface area contributed by atoms with E-state index in [1.807, 2.05) is 0 Å². The summed E-state index contributed by atoms with van der Waals surface area (Å²) in [6, 6.07) is 0.492. The number of carbonyl (C=O) groups is 1. The lowest BCUT2D eigenvalue weighted by Crippen LogP contribution is -2.34. The van der Waals surface area contributed by atoms with Crippen LogP contribution < -0.4 is 0 Å². The predicted molar refractivity (Wildman–Crippen MR) is 60.8 cm³/mol. The number of carboxylic acid groups (broad SMARTS) is 1. The normalized spacial score (nSPS) is 27.5. The molecular weight excluding hydrogens is 190 g/mol. The topological polar surface area (TPSA) is 40.5 Å². The zero-order valence-corrected chi connectivity index (χ0v) is 10.1. The Hall–Kier alpha value is -0.570. The van der Waals surface area contributed by atoms with Crippen LogP contribution >= 0.6 is 0 Å². The highest BCUT2D eigenvalue weighted by Crippen LogP contribution is 2.31. The summed E-state index contributed by atoms with van der Waals surface area (Å²) in [4.78, 5) is 13.2.